The van der Waals surface area contributed by atoms with Crippen LogP contribution < -0.4 is 10.1 Å². The maximum atomic E-state index is 5.47. The second-order valence-electron chi connectivity index (χ2n) is 5.65. The Balaban J connectivity index is 2.42. The summed E-state index contributed by atoms with van der Waals surface area (Å²) in [5.74, 6) is 1.51. The van der Waals surface area contributed by atoms with Gasteiger partial charge in [0, 0.05) is 5.54 Å². The van der Waals surface area contributed by atoms with E-state index in [1.165, 1.54) is 36.8 Å². The fourth-order valence-electron chi connectivity index (χ4n) is 3.14. The summed E-state index contributed by atoms with van der Waals surface area (Å²) in [6, 6.07) is 6.69. The van der Waals surface area contributed by atoms with Crippen LogP contribution in [0.15, 0.2) is 18.2 Å². The number of methoxy groups -OCH3 is 1. The van der Waals surface area contributed by atoms with Crippen LogP contribution in [-0.2, 0) is 5.54 Å². The van der Waals surface area contributed by atoms with Crippen molar-refractivity contribution in [1.82, 2.24) is 5.32 Å². The van der Waals surface area contributed by atoms with Crippen LogP contribution in [0.25, 0.3) is 0 Å². The third-order valence-electron chi connectivity index (χ3n) is 4.34. The van der Waals surface area contributed by atoms with Crippen LogP contribution in [0.4, 0.5) is 0 Å². The van der Waals surface area contributed by atoms with Gasteiger partial charge in [0.2, 0.25) is 0 Å². The van der Waals surface area contributed by atoms with Crippen molar-refractivity contribution in [2.45, 2.75) is 51.0 Å². The van der Waals surface area contributed by atoms with E-state index in [0.29, 0.717) is 5.92 Å². The van der Waals surface area contributed by atoms with Crippen LogP contribution >= 0.6 is 0 Å². The van der Waals surface area contributed by atoms with Crippen molar-refractivity contribution in [3.8, 4) is 5.75 Å². The molecule has 100 valence electrons. The Kier molecular flexibility index (Phi) is 3.96. The molecule has 18 heavy (non-hydrogen) atoms. The predicted octanol–water partition coefficient (Wildman–Crippen LogP) is 3.81. The van der Waals surface area contributed by atoms with Crippen LogP contribution in [0.5, 0.6) is 5.75 Å². The first kappa shape index (κ1) is 13.4. The van der Waals surface area contributed by atoms with Gasteiger partial charge in [-0.25, -0.2) is 0 Å². The summed E-state index contributed by atoms with van der Waals surface area (Å²) in [5, 5.41) is 3.56. The smallest absolute Gasteiger partial charge is 0.122 e. The second-order valence-corrected chi connectivity index (χ2v) is 5.65. The molecule has 0 spiro atoms. The molecule has 1 fully saturated rings. The van der Waals surface area contributed by atoms with Crippen molar-refractivity contribution in [3.05, 3.63) is 29.3 Å². The van der Waals surface area contributed by atoms with Gasteiger partial charge in [-0.3, -0.25) is 0 Å². The molecule has 0 saturated heterocycles. The first-order valence-electron chi connectivity index (χ1n) is 7.00. The highest BCUT2D eigenvalue weighted by Crippen LogP contribution is 2.40. The molecule has 1 aromatic rings. The van der Waals surface area contributed by atoms with Gasteiger partial charge >= 0.3 is 0 Å². The summed E-state index contributed by atoms with van der Waals surface area (Å²) >= 11 is 0. The highest BCUT2D eigenvalue weighted by molar-refractivity contribution is 5.42. The topological polar surface area (TPSA) is 21.3 Å². The van der Waals surface area contributed by atoms with Gasteiger partial charge in [0.1, 0.15) is 5.75 Å². The van der Waals surface area contributed by atoms with Gasteiger partial charge in [-0.1, -0.05) is 32.8 Å². The molecule has 0 unspecified atom stereocenters. The van der Waals surface area contributed by atoms with Gasteiger partial charge in [0.25, 0.3) is 0 Å². The van der Waals surface area contributed by atoms with Crippen molar-refractivity contribution in [3.63, 3.8) is 0 Å². The lowest BCUT2D eigenvalue weighted by molar-refractivity contribution is 0.369. The summed E-state index contributed by atoms with van der Waals surface area (Å²) in [7, 11) is 3.84. The van der Waals surface area contributed by atoms with E-state index in [2.05, 4.69) is 44.4 Å². The van der Waals surface area contributed by atoms with Gasteiger partial charge in [0.15, 0.2) is 0 Å². The van der Waals surface area contributed by atoms with Gasteiger partial charge < -0.3 is 10.1 Å². The minimum atomic E-state index is 0.190. The Labute approximate surface area is 111 Å². The summed E-state index contributed by atoms with van der Waals surface area (Å²) < 4.78 is 5.47. The van der Waals surface area contributed by atoms with E-state index in [-0.39, 0.29) is 5.54 Å². The quantitative estimate of drug-likeness (QED) is 0.873. The first-order chi connectivity index (χ1) is 8.63. The SMILES string of the molecule is CNC1(c2ccc(OC)c(C(C)C)c2)CCCC1. The maximum absolute atomic E-state index is 5.47. The normalized spacial score (nSPS) is 18.3. The average molecular weight is 247 g/mol. The highest BCUT2D eigenvalue weighted by Gasteiger charge is 2.34. The minimum absolute atomic E-state index is 0.190. The third-order valence-corrected chi connectivity index (χ3v) is 4.34. The lowest BCUT2D eigenvalue weighted by atomic mass is 9.85. The number of rotatable bonds is 4. The van der Waals surface area contributed by atoms with Crippen LogP contribution in [0.1, 0.15) is 56.6 Å². The van der Waals surface area contributed by atoms with Crippen LogP contribution in [0, 0.1) is 0 Å². The van der Waals surface area contributed by atoms with Gasteiger partial charge in [0.05, 0.1) is 7.11 Å². The molecule has 0 heterocycles. The molecule has 1 aromatic carbocycles. The first-order valence-corrected chi connectivity index (χ1v) is 7.00. The number of ether oxygens (including phenoxy) is 1. The van der Waals surface area contributed by atoms with Crippen LogP contribution in [0.3, 0.4) is 0 Å². The molecule has 2 rings (SSSR count). The Morgan fingerprint density at radius 1 is 1.22 bits per heavy atom. The molecule has 0 bridgehead atoms. The molecule has 2 nitrogen and oxygen atoms in total. The lowest BCUT2D eigenvalue weighted by Gasteiger charge is -2.30. The third kappa shape index (κ3) is 2.26. The summed E-state index contributed by atoms with van der Waals surface area (Å²) in [4.78, 5) is 0. The van der Waals surface area contributed by atoms with E-state index in [4.69, 9.17) is 4.74 Å². The Hall–Kier alpha value is -1.02. The Morgan fingerprint density at radius 2 is 1.89 bits per heavy atom. The zero-order valence-corrected chi connectivity index (χ0v) is 12.0. The Morgan fingerprint density at radius 3 is 2.39 bits per heavy atom. The molecule has 0 radical (unpaired) electrons. The summed E-state index contributed by atoms with van der Waals surface area (Å²) in [6.07, 6.45) is 5.13. The molecule has 2 heteroatoms. The molecular formula is C16H25NO. The van der Waals surface area contributed by atoms with E-state index < -0.39 is 0 Å². The number of benzene rings is 1. The second kappa shape index (κ2) is 5.31. The highest BCUT2D eigenvalue weighted by atomic mass is 16.5. The molecule has 1 aliphatic rings. The maximum Gasteiger partial charge on any atom is 0.122 e. The number of hydrogen-bond acceptors (Lipinski definition) is 2. The van der Waals surface area contributed by atoms with E-state index in [0.717, 1.165) is 5.75 Å². The van der Waals surface area contributed by atoms with Crippen molar-refractivity contribution in [2.75, 3.05) is 14.2 Å². The standard InChI is InChI=1S/C16H25NO/c1-12(2)14-11-13(7-8-15(14)18-4)16(17-3)9-5-6-10-16/h7-8,11-12,17H,5-6,9-10H2,1-4H3. The average Bonchev–Trinajstić information content (AvgIpc) is 2.87. The predicted molar refractivity (Wildman–Crippen MR) is 76.3 cm³/mol. The van der Waals surface area contributed by atoms with Gasteiger partial charge in [-0.05, 0) is 49.1 Å². The molecule has 1 saturated carbocycles. The molecular weight excluding hydrogens is 222 g/mol. The van der Waals surface area contributed by atoms with E-state index in [9.17, 15) is 0 Å². The molecule has 0 aromatic heterocycles. The number of hydrogen-bond donors (Lipinski definition) is 1. The Bertz CT molecular complexity index is 406. The van der Waals surface area contributed by atoms with Crippen molar-refractivity contribution < 1.29 is 4.74 Å². The van der Waals surface area contributed by atoms with Gasteiger partial charge in [-0.2, -0.15) is 0 Å². The van der Waals surface area contributed by atoms with Crippen molar-refractivity contribution in [2.24, 2.45) is 0 Å². The summed E-state index contributed by atoms with van der Waals surface area (Å²) in [6.45, 7) is 4.45. The van der Waals surface area contributed by atoms with Crippen molar-refractivity contribution >= 4 is 0 Å². The molecule has 1 N–H and O–H groups in total. The zero-order chi connectivity index (χ0) is 13.2. The van der Waals surface area contributed by atoms with E-state index >= 15 is 0 Å². The fourth-order valence-corrected chi connectivity index (χ4v) is 3.14. The largest absolute Gasteiger partial charge is 0.496 e. The molecule has 1 aliphatic carbocycles. The fraction of sp³-hybridized carbons (Fsp3) is 0.625. The minimum Gasteiger partial charge on any atom is -0.496 e. The molecule has 0 atom stereocenters. The zero-order valence-electron chi connectivity index (χ0n) is 12.0. The molecule has 0 aliphatic heterocycles. The van der Waals surface area contributed by atoms with E-state index in [1.54, 1.807) is 7.11 Å². The van der Waals surface area contributed by atoms with Gasteiger partial charge in [-0.15, -0.1) is 0 Å². The molecule has 0 amide bonds. The monoisotopic (exact) mass is 247 g/mol. The number of nitrogens with one attached hydrogen (secondary N) is 1. The van der Waals surface area contributed by atoms with Crippen LogP contribution in [0.2, 0.25) is 0 Å². The summed E-state index contributed by atoms with van der Waals surface area (Å²) in [5.41, 5.74) is 2.93. The van der Waals surface area contributed by atoms with Crippen LogP contribution in [-0.4, -0.2) is 14.2 Å². The van der Waals surface area contributed by atoms with Crippen molar-refractivity contribution in [1.29, 1.82) is 0 Å². The lowest BCUT2D eigenvalue weighted by Crippen LogP contribution is -2.37. The van der Waals surface area contributed by atoms with E-state index in [1.807, 2.05) is 0 Å².